The quantitative estimate of drug-likeness (QED) is 0.784. The lowest BCUT2D eigenvalue weighted by Crippen LogP contribution is -2.30. The molecule has 1 heterocycles. The molecule has 1 aromatic heterocycles. The molecule has 0 spiro atoms. The summed E-state index contributed by atoms with van der Waals surface area (Å²) < 4.78 is 11.3. The van der Waals surface area contributed by atoms with Gasteiger partial charge in [0.1, 0.15) is 6.61 Å². The summed E-state index contributed by atoms with van der Waals surface area (Å²) in [5.41, 5.74) is 2.09. The van der Waals surface area contributed by atoms with E-state index in [1.165, 1.54) is 0 Å². The highest BCUT2D eigenvalue weighted by Gasteiger charge is 2.30. The minimum Gasteiger partial charge on any atom is -0.493 e. The zero-order valence-corrected chi connectivity index (χ0v) is 14.1. The van der Waals surface area contributed by atoms with Crippen molar-refractivity contribution in [3.05, 3.63) is 53.9 Å². The summed E-state index contributed by atoms with van der Waals surface area (Å²) >= 11 is 0. The maximum absolute atomic E-state index is 11.8. The van der Waals surface area contributed by atoms with Gasteiger partial charge < -0.3 is 14.4 Å². The molecule has 24 heavy (non-hydrogen) atoms. The molecule has 0 atom stereocenters. The molecule has 0 unspecified atom stereocenters. The molecule has 5 nitrogen and oxygen atoms in total. The maximum atomic E-state index is 11.8. The number of aromatic nitrogens is 1. The number of amides is 1. The highest BCUT2D eigenvalue weighted by molar-refractivity contribution is 5.74. The molecular weight excluding hydrogens is 304 g/mol. The van der Waals surface area contributed by atoms with E-state index >= 15 is 0 Å². The molecular formula is C19H22N2O3. The van der Waals surface area contributed by atoms with Crippen molar-refractivity contribution in [2.45, 2.75) is 39.0 Å². The van der Waals surface area contributed by atoms with Crippen LogP contribution in [0.3, 0.4) is 0 Å². The van der Waals surface area contributed by atoms with Crippen LogP contribution in [0.4, 0.5) is 0 Å². The summed E-state index contributed by atoms with van der Waals surface area (Å²) in [6.45, 7) is 2.68. The Hall–Kier alpha value is -2.56. The van der Waals surface area contributed by atoms with Crippen LogP contribution in [-0.2, 0) is 17.9 Å². The zero-order valence-electron chi connectivity index (χ0n) is 14.1. The Bertz CT molecular complexity index is 699. The molecule has 1 saturated carbocycles. The zero-order chi connectivity index (χ0) is 16.9. The molecule has 0 saturated heterocycles. The number of nitrogens with zero attached hydrogens (tertiary/aromatic N) is 2. The predicted octanol–water partition coefficient (Wildman–Crippen LogP) is 3.18. The van der Waals surface area contributed by atoms with E-state index in [0.717, 1.165) is 24.0 Å². The number of hydrogen-bond acceptors (Lipinski definition) is 4. The van der Waals surface area contributed by atoms with Crippen LogP contribution in [0.2, 0.25) is 0 Å². The molecule has 0 radical (unpaired) electrons. The summed E-state index contributed by atoms with van der Waals surface area (Å²) in [6.07, 6.45) is 5.68. The lowest BCUT2D eigenvalue weighted by atomic mass is 10.2. The first-order valence-corrected chi connectivity index (χ1v) is 8.13. The highest BCUT2D eigenvalue weighted by Crippen LogP contribution is 2.32. The Balaban J connectivity index is 1.73. The Morgan fingerprint density at radius 1 is 1.17 bits per heavy atom. The fraction of sp³-hybridized carbons (Fsp3) is 0.368. The van der Waals surface area contributed by atoms with Gasteiger partial charge in [-0.2, -0.15) is 0 Å². The van der Waals surface area contributed by atoms with E-state index in [4.69, 9.17) is 9.47 Å². The summed E-state index contributed by atoms with van der Waals surface area (Å²) in [4.78, 5) is 17.7. The van der Waals surface area contributed by atoms with E-state index in [1.54, 1.807) is 26.4 Å². The van der Waals surface area contributed by atoms with E-state index in [1.807, 2.05) is 35.2 Å². The number of methoxy groups -OCH3 is 1. The third-order valence-electron chi connectivity index (χ3n) is 4.12. The third kappa shape index (κ3) is 4.04. The van der Waals surface area contributed by atoms with Crippen molar-refractivity contribution in [1.82, 2.24) is 9.88 Å². The number of carbonyl (C=O) groups is 1. The first-order chi connectivity index (χ1) is 11.7. The molecule has 0 bridgehead atoms. The number of rotatable bonds is 7. The molecule has 1 amide bonds. The number of hydrogen-bond donors (Lipinski definition) is 0. The van der Waals surface area contributed by atoms with Crippen molar-refractivity contribution in [3.8, 4) is 11.5 Å². The fourth-order valence-electron chi connectivity index (χ4n) is 2.65. The van der Waals surface area contributed by atoms with E-state index in [0.29, 0.717) is 30.7 Å². The second-order valence-corrected chi connectivity index (χ2v) is 6.01. The monoisotopic (exact) mass is 326 g/mol. The van der Waals surface area contributed by atoms with Crippen LogP contribution >= 0.6 is 0 Å². The normalized spacial score (nSPS) is 13.4. The van der Waals surface area contributed by atoms with E-state index < -0.39 is 0 Å². The molecule has 3 rings (SSSR count). The van der Waals surface area contributed by atoms with Gasteiger partial charge in [-0.1, -0.05) is 6.07 Å². The highest BCUT2D eigenvalue weighted by atomic mass is 16.5. The van der Waals surface area contributed by atoms with Gasteiger partial charge in [-0.05, 0) is 48.2 Å². The SMILES string of the molecule is COc1ccc(CN(C(C)=O)C2CC2)cc1OCc1ccncc1. The standard InChI is InChI=1S/C19H22N2O3/c1-14(22)21(17-4-5-17)12-16-3-6-18(23-2)19(11-16)24-13-15-7-9-20-10-8-15/h3,6-11,17H,4-5,12-13H2,1-2H3. The van der Waals surface area contributed by atoms with Gasteiger partial charge in [0.2, 0.25) is 5.91 Å². The van der Waals surface area contributed by atoms with Crippen molar-refractivity contribution in [2.24, 2.45) is 0 Å². The van der Waals surface area contributed by atoms with E-state index in [2.05, 4.69) is 4.98 Å². The first-order valence-electron chi connectivity index (χ1n) is 8.13. The lowest BCUT2D eigenvalue weighted by Gasteiger charge is -2.21. The van der Waals surface area contributed by atoms with Gasteiger partial charge >= 0.3 is 0 Å². The van der Waals surface area contributed by atoms with Crippen molar-refractivity contribution in [1.29, 1.82) is 0 Å². The molecule has 2 aromatic rings. The second-order valence-electron chi connectivity index (χ2n) is 6.01. The van der Waals surface area contributed by atoms with Crippen molar-refractivity contribution in [3.63, 3.8) is 0 Å². The number of carbonyl (C=O) groups excluding carboxylic acids is 1. The summed E-state index contributed by atoms with van der Waals surface area (Å²) in [6, 6.07) is 10.1. The van der Waals surface area contributed by atoms with Crippen molar-refractivity contribution >= 4 is 5.91 Å². The van der Waals surface area contributed by atoms with Crippen LogP contribution < -0.4 is 9.47 Å². The molecule has 1 aromatic carbocycles. The molecule has 5 heteroatoms. The van der Waals surface area contributed by atoms with Crippen molar-refractivity contribution in [2.75, 3.05) is 7.11 Å². The average molecular weight is 326 g/mol. The third-order valence-corrected chi connectivity index (χ3v) is 4.12. The fourth-order valence-corrected chi connectivity index (χ4v) is 2.65. The average Bonchev–Trinajstić information content (AvgIpc) is 3.43. The second kappa shape index (κ2) is 7.34. The molecule has 1 fully saturated rings. The smallest absolute Gasteiger partial charge is 0.219 e. The largest absolute Gasteiger partial charge is 0.493 e. The predicted molar refractivity (Wildman–Crippen MR) is 90.8 cm³/mol. The summed E-state index contributed by atoms with van der Waals surface area (Å²) in [7, 11) is 1.63. The molecule has 1 aliphatic rings. The topological polar surface area (TPSA) is 51.7 Å². The summed E-state index contributed by atoms with van der Waals surface area (Å²) in [5, 5.41) is 0. The first kappa shape index (κ1) is 16.3. The summed E-state index contributed by atoms with van der Waals surface area (Å²) in [5.74, 6) is 1.49. The van der Waals surface area contributed by atoms with Crippen LogP contribution in [0.5, 0.6) is 11.5 Å². The van der Waals surface area contributed by atoms with Gasteiger partial charge in [0.25, 0.3) is 0 Å². The van der Waals surface area contributed by atoms with Gasteiger partial charge in [0, 0.05) is 31.9 Å². The van der Waals surface area contributed by atoms with E-state index in [-0.39, 0.29) is 5.91 Å². The Morgan fingerprint density at radius 2 is 1.92 bits per heavy atom. The number of ether oxygens (including phenoxy) is 2. The Kier molecular flexibility index (Phi) is 4.99. The van der Waals surface area contributed by atoms with Crippen molar-refractivity contribution < 1.29 is 14.3 Å². The number of benzene rings is 1. The van der Waals surface area contributed by atoms with Gasteiger partial charge in [-0.15, -0.1) is 0 Å². The molecule has 126 valence electrons. The van der Waals surface area contributed by atoms with Crippen LogP contribution in [0.1, 0.15) is 30.9 Å². The molecule has 1 aliphatic carbocycles. The molecule has 0 aliphatic heterocycles. The van der Waals surface area contributed by atoms with Crippen LogP contribution in [0.25, 0.3) is 0 Å². The van der Waals surface area contributed by atoms with Gasteiger partial charge in [-0.25, -0.2) is 0 Å². The minimum atomic E-state index is 0.118. The Labute approximate surface area is 142 Å². The Morgan fingerprint density at radius 3 is 2.54 bits per heavy atom. The van der Waals surface area contributed by atoms with Gasteiger partial charge in [-0.3, -0.25) is 9.78 Å². The van der Waals surface area contributed by atoms with Crippen LogP contribution in [0, 0.1) is 0 Å². The van der Waals surface area contributed by atoms with E-state index in [9.17, 15) is 4.79 Å². The maximum Gasteiger partial charge on any atom is 0.219 e. The molecule has 0 N–H and O–H groups in total. The van der Waals surface area contributed by atoms with Crippen LogP contribution in [0.15, 0.2) is 42.7 Å². The minimum absolute atomic E-state index is 0.118. The number of pyridine rings is 1. The lowest BCUT2D eigenvalue weighted by molar-refractivity contribution is -0.130. The van der Waals surface area contributed by atoms with Crippen LogP contribution in [-0.4, -0.2) is 28.9 Å². The van der Waals surface area contributed by atoms with Gasteiger partial charge in [0.15, 0.2) is 11.5 Å². The van der Waals surface area contributed by atoms with Gasteiger partial charge in [0.05, 0.1) is 7.11 Å².